The third kappa shape index (κ3) is 7.17. The van der Waals surface area contributed by atoms with Gasteiger partial charge in [0.1, 0.15) is 17.2 Å². The number of ether oxygens (including phenoxy) is 3. The summed E-state index contributed by atoms with van der Waals surface area (Å²) in [4.78, 5) is 6.89. The second kappa shape index (κ2) is 12.9. The van der Waals surface area contributed by atoms with Crippen LogP contribution in [0.2, 0.25) is 0 Å². The van der Waals surface area contributed by atoms with Crippen LogP contribution in [-0.2, 0) is 6.54 Å². The summed E-state index contributed by atoms with van der Waals surface area (Å²) in [7, 11) is 6.96. The molecule has 144 valence electrons. The highest BCUT2D eigenvalue weighted by Crippen LogP contribution is 2.34. The quantitative estimate of drug-likeness (QED) is 0.344. The summed E-state index contributed by atoms with van der Waals surface area (Å²) >= 11 is 0. The highest BCUT2D eigenvalue weighted by atomic mass is 127. The fourth-order valence-electron chi connectivity index (χ4n) is 2.36. The van der Waals surface area contributed by atoms with Gasteiger partial charge < -0.3 is 24.4 Å². The number of unbranched alkanes of at least 4 members (excludes halogenated alkanes) is 1. The van der Waals surface area contributed by atoms with Gasteiger partial charge in [0.2, 0.25) is 0 Å². The summed E-state index contributed by atoms with van der Waals surface area (Å²) in [5, 5.41) is 3.33. The van der Waals surface area contributed by atoms with Crippen molar-refractivity contribution < 1.29 is 14.2 Å². The van der Waals surface area contributed by atoms with Crippen LogP contribution in [0.25, 0.3) is 0 Å². The van der Waals surface area contributed by atoms with E-state index in [9.17, 15) is 0 Å². The number of benzene rings is 1. The van der Waals surface area contributed by atoms with Crippen molar-refractivity contribution in [1.29, 1.82) is 0 Å². The molecule has 0 saturated carbocycles. The van der Waals surface area contributed by atoms with Crippen LogP contribution in [0, 0.1) is 0 Å². The summed E-state index contributed by atoms with van der Waals surface area (Å²) in [6.45, 7) is 6.52. The van der Waals surface area contributed by atoms with Crippen molar-refractivity contribution in [3.8, 4) is 17.2 Å². The Balaban J connectivity index is 0.00000576. The Hall–Kier alpha value is -1.38. The van der Waals surface area contributed by atoms with Crippen molar-refractivity contribution in [3.63, 3.8) is 0 Å². The number of halogens is 1. The van der Waals surface area contributed by atoms with Crippen molar-refractivity contribution in [1.82, 2.24) is 10.2 Å². The molecule has 25 heavy (non-hydrogen) atoms. The molecule has 0 aliphatic rings. The first-order chi connectivity index (χ1) is 11.6. The molecule has 0 fully saturated rings. The molecule has 0 atom stereocenters. The number of aliphatic imine (C=N–C) groups is 1. The fraction of sp³-hybridized carbons (Fsp3) is 0.611. The smallest absolute Gasteiger partial charge is 0.193 e. The molecular formula is C18H32IN3O3. The van der Waals surface area contributed by atoms with E-state index in [1.807, 2.05) is 12.1 Å². The first kappa shape index (κ1) is 23.6. The molecule has 1 N–H and O–H groups in total. The number of guanidine groups is 1. The van der Waals surface area contributed by atoms with Gasteiger partial charge in [-0.05, 0) is 13.3 Å². The second-order valence-corrected chi connectivity index (χ2v) is 5.46. The Kier molecular flexibility index (Phi) is 12.2. The van der Waals surface area contributed by atoms with Gasteiger partial charge in [-0.1, -0.05) is 13.3 Å². The van der Waals surface area contributed by atoms with E-state index in [-0.39, 0.29) is 24.0 Å². The Labute approximate surface area is 169 Å². The van der Waals surface area contributed by atoms with E-state index in [0.29, 0.717) is 23.8 Å². The molecule has 1 aromatic rings. The van der Waals surface area contributed by atoms with Crippen LogP contribution in [0.3, 0.4) is 0 Å². The number of hydrogen-bond acceptors (Lipinski definition) is 4. The zero-order chi connectivity index (χ0) is 17.9. The van der Waals surface area contributed by atoms with Gasteiger partial charge in [0, 0.05) is 32.3 Å². The molecule has 6 nitrogen and oxygen atoms in total. The lowest BCUT2D eigenvalue weighted by atomic mass is 10.1. The molecular weight excluding hydrogens is 433 g/mol. The standard InChI is InChI=1S/C18H31N3O3.HI/c1-7-9-10-21(3)18(19-8-2)20-13-15-16(23-5)11-14(22-4)12-17(15)24-6;/h11-12H,7-10,13H2,1-6H3,(H,19,20);1H. The molecule has 0 radical (unpaired) electrons. The van der Waals surface area contributed by atoms with Crippen molar-refractivity contribution in [2.75, 3.05) is 41.5 Å². The summed E-state index contributed by atoms with van der Waals surface area (Å²) in [5.74, 6) is 3.00. The molecule has 0 aliphatic heterocycles. The Morgan fingerprint density at radius 1 is 1.08 bits per heavy atom. The molecule has 0 aliphatic carbocycles. The van der Waals surface area contributed by atoms with Gasteiger partial charge in [-0.3, -0.25) is 0 Å². The van der Waals surface area contributed by atoms with Crippen molar-refractivity contribution >= 4 is 29.9 Å². The Morgan fingerprint density at radius 3 is 2.12 bits per heavy atom. The largest absolute Gasteiger partial charge is 0.496 e. The lowest BCUT2D eigenvalue weighted by Crippen LogP contribution is -2.39. The van der Waals surface area contributed by atoms with Crippen LogP contribution in [-0.4, -0.2) is 52.3 Å². The average Bonchev–Trinajstić information content (AvgIpc) is 2.62. The molecule has 0 heterocycles. The third-order valence-electron chi connectivity index (χ3n) is 3.75. The van der Waals surface area contributed by atoms with Gasteiger partial charge in [-0.25, -0.2) is 4.99 Å². The molecule has 0 saturated heterocycles. The fourth-order valence-corrected chi connectivity index (χ4v) is 2.36. The maximum Gasteiger partial charge on any atom is 0.193 e. The minimum absolute atomic E-state index is 0. The molecule has 0 aromatic heterocycles. The molecule has 7 heteroatoms. The summed E-state index contributed by atoms with van der Waals surface area (Å²) in [6, 6.07) is 3.70. The highest BCUT2D eigenvalue weighted by molar-refractivity contribution is 14.0. The van der Waals surface area contributed by atoms with E-state index in [0.717, 1.165) is 37.5 Å². The molecule has 1 rings (SSSR count). The lowest BCUT2D eigenvalue weighted by Gasteiger charge is -2.22. The van der Waals surface area contributed by atoms with Gasteiger partial charge in [-0.15, -0.1) is 24.0 Å². The topological polar surface area (TPSA) is 55.3 Å². The lowest BCUT2D eigenvalue weighted by molar-refractivity contribution is 0.368. The molecule has 0 amide bonds. The number of methoxy groups -OCH3 is 3. The normalized spacial score (nSPS) is 10.7. The Morgan fingerprint density at radius 2 is 1.68 bits per heavy atom. The van der Waals surface area contributed by atoms with Crippen LogP contribution in [0.15, 0.2) is 17.1 Å². The summed E-state index contributed by atoms with van der Waals surface area (Å²) in [5.41, 5.74) is 0.903. The SMILES string of the molecule is CCCCN(C)C(=NCc1c(OC)cc(OC)cc1OC)NCC.I. The predicted molar refractivity (Wildman–Crippen MR) is 114 cm³/mol. The first-order valence-electron chi connectivity index (χ1n) is 8.39. The first-order valence-corrected chi connectivity index (χ1v) is 8.39. The van der Waals surface area contributed by atoms with Gasteiger partial charge >= 0.3 is 0 Å². The number of rotatable bonds is 9. The minimum atomic E-state index is 0. The van der Waals surface area contributed by atoms with Crippen LogP contribution < -0.4 is 19.5 Å². The third-order valence-corrected chi connectivity index (χ3v) is 3.75. The van der Waals surface area contributed by atoms with E-state index >= 15 is 0 Å². The number of nitrogens with one attached hydrogen (secondary N) is 1. The van der Waals surface area contributed by atoms with Crippen molar-refractivity contribution in [2.45, 2.75) is 33.2 Å². The van der Waals surface area contributed by atoms with E-state index in [1.54, 1.807) is 21.3 Å². The van der Waals surface area contributed by atoms with E-state index < -0.39 is 0 Å². The highest BCUT2D eigenvalue weighted by Gasteiger charge is 2.14. The maximum atomic E-state index is 5.48. The number of hydrogen-bond donors (Lipinski definition) is 1. The van der Waals surface area contributed by atoms with Crippen LogP contribution in [0.1, 0.15) is 32.3 Å². The zero-order valence-electron chi connectivity index (χ0n) is 16.2. The predicted octanol–water partition coefficient (Wildman–Crippen LogP) is 3.53. The molecule has 0 unspecified atom stereocenters. The molecule has 0 bridgehead atoms. The van der Waals surface area contributed by atoms with Crippen LogP contribution in [0.4, 0.5) is 0 Å². The zero-order valence-corrected chi connectivity index (χ0v) is 18.5. The van der Waals surface area contributed by atoms with Gasteiger partial charge in [-0.2, -0.15) is 0 Å². The van der Waals surface area contributed by atoms with Crippen LogP contribution >= 0.6 is 24.0 Å². The van der Waals surface area contributed by atoms with Crippen molar-refractivity contribution in [3.05, 3.63) is 17.7 Å². The van der Waals surface area contributed by atoms with Gasteiger partial charge in [0.25, 0.3) is 0 Å². The summed E-state index contributed by atoms with van der Waals surface area (Å²) < 4.78 is 16.3. The average molecular weight is 465 g/mol. The minimum Gasteiger partial charge on any atom is -0.496 e. The van der Waals surface area contributed by atoms with Gasteiger partial charge in [0.05, 0.1) is 33.4 Å². The molecule has 0 spiro atoms. The maximum absolute atomic E-state index is 5.48. The second-order valence-electron chi connectivity index (χ2n) is 5.46. The van der Waals surface area contributed by atoms with E-state index in [2.05, 4.69) is 31.1 Å². The van der Waals surface area contributed by atoms with E-state index in [1.165, 1.54) is 0 Å². The molecule has 1 aromatic carbocycles. The Bertz CT molecular complexity index is 513. The summed E-state index contributed by atoms with van der Waals surface area (Å²) in [6.07, 6.45) is 2.29. The monoisotopic (exact) mass is 465 g/mol. The van der Waals surface area contributed by atoms with Gasteiger partial charge in [0.15, 0.2) is 5.96 Å². The number of nitrogens with zero attached hydrogens (tertiary/aromatic N) is 2. The van der Waals surface area contributed by atoms with E-state index in [4.69, 9.17) is 19.2 Å². The van der Waals surface area contributed by atoms with Crippen molar-refractivity contribution in [2.24, 2.45) is 4.99 Å². The van der Waals surface area contributed by atoms with Crippen LogP contribution in [0.5, 0.6) is 17.2 Å².